The molecule has 0 aliphatic heterocycles. The smallest absolute Gasteiger partial charge is 0.0570 e. The maximum absolute atomic E-state index is 4.29. The lowest BCUT2D eigenvalue weighted by Gasteiger charge is -2.11. The van der Waals surface area contributed by atoms with Gasteiger partial charge in [-0.2, -0.15) is 5.10 Å². The highest BCUT2D eigenvalue weighted by Gasteiger charge is 2.05. The van der Waals surface area contributed by atoms with E-state index in [2.05, 4.69) is 27.4 Å². The van der Waals surface area contributed by atoms with E-state index in [-0.39, 0.29) is 6.04 Å². The molecule has 0 fully saturated rings. The lowest BCUT2D eigenvalue weighted by Crippen LogP contribution is -2.19. The van der Waals surface area contributed by atoms with Crippen LogP contribution in [0.2, 0.25) is 0 Å². The van der Waals surface area contributed by atoms with Gasteiger partial charge < -0.3 is 5.32 Å². The van der Waals surface area contributed by atoms with Crippen molar-refractivity contribution in [3.05, 3.63) is 48.0 Å². The van der Waals surface area contributed by atoms with Crippen LogP contribution in [0.4, 0.5) is 0 Å². The first-order valence-corrected chi connectivity index (χ1v) is 4.99. The summed E-state index contributed by atoms with van der Waals surface area (Å²) in [5.74, 6) is 0. The summed E-state index contributed by atoms with van der Waals surface area (Å²) in [4.78, 5) is 4.29. The summed E-state index contributed by atoms with van der Waals surface area (Å²) in [6.07, 6.45) is 3.56. The third-order valence-electron chi connectivity index (χ3n) is 2.29. The van der Waals surface area contributed by atoms with Crippen molar-refractivity contribution >= 4 is 0 Å². The van der Waals surface area contributed by atoms with Gasteiger partial charge in [0.25, 0.3) is 0 Å². The minimum atomic E-state index is 0.245. The van der Waals surface area contributed by atoms with Gasteiger partial charge in [0.1, 0.15) is 0 Å². The predicted octanol–water partition coefficient (Wildman–Crippen LogP) is 1.66. The van der Waals surface area contributed by atoms with Gasteiger partial charge in [0.15, 0.2) is 0 Å². The van der Waals surface area contributed by atoms with Gasteiger partial charge in [-0.1, -0.05) is 6.07 Å². The van der Waals surface area contributed by atoms with Crippen LogP contribution in [-0.2, 0) is 6.54 Å². The third-order valence-corrected chi connectivity index (χ3v) is 2.29. The van der Waals surface area contributed by atoms with Crippen LogP contribution in [0, 0.1) is 0 Å². The molecule has 0 saturated heterocycles. The van der Waals surface area contributed by atoms with Crippen molar-refractivity contribution in [3.8, 4) is 0 Å². The third kappa shape index (κ3) is 2.63. The Morgan fingerprint density at radius 1 is 1.33 bits per heavy atom. The summed E-state index contributed by atoms with van der Waals surface area (Å²) in [5.41, 5.74) is 2.13. The highest BCUT2D eigenvalue weighted by Crippen LogP contribution is 2.08. The fourth-order valence-electron chi connectivity index (χ4n) is 1.38. The molecule has 1 atom stereocenters. The zero-order chi connectivity index (χ0) is 10.5. The SMILES string of the molecule is CC(NCc1ccn[nH]1)c1ccccn1. The normalized spacial score (nSPS) is 12.6. The molecule has 2 aromatic rings. The molecule has 4 heteroatoms. The van der Waals surface area contributed by atoms with E-state index in [1.165, 1.54) is 0 Å². The molecule has 0 spiro atoms. The van der Waals surface area contributed by atoms with Crippen LogP contribution in [0.15, 0.2) is 36.7 Å². The molecule has 2 heterocycles. The van der Waals surface area contributed by atoms with Gasteiger partial charge in [-0.15, -0.1) is 0 Å². The molecule has 0 radical (unpaired) electrons. The predicted molar refractivity (Wildman–Crippen MR) is 58.1 cm³/mol. The first kappa shape index (κ1) is 9.86. The molecule has 2 rings (SSSR count). The summed E-state index contributed by atoms with van der Waals surface area (Å²) in [7, 11) is 0. The average molecular weight is 202 g/mol. The Bertz CT molecular complexity index is 382. The largest absolute Gasteiger partial charge is 0.303 e. The number of H-pyrrole nitrogens is 1. The lowest BCUT2D eigenvalue weighted by molar-refractivity contribution is 0.554. The van der Waals surface area contributed by atoms with E-state index in [4.69, 9.17) is 0 Å². The molecule has 4 nitrogen and oxygen atoms in total. The summed E-state index contributed by atoms with van der Waals surface area (Å²) < 4.78 is 0. The van der Waals surface area contributed by atoms with Crippen LogP contribution in [0.3, 0.4) is 0 Å². The van der Waals surface area contributed by atoms with Crippen molar-refractivity contribution in [1.29, 1.82) is 0 Å². The molecule has 0 aromatic carbocycles. The van der Waals surface area contributed by atoms with Crippen LogP contribution in [0.5, 0.6) is 0 Å². The number of hydrogen-bond donors (Lipinski definition) is 2. The van der Waals surface area contributed by atoms with E-state index >= 15 is 0 Å². The zero-order valence-corrected chi connectivity index (χ0v) is 8.64. The Labute approximate surface area is 88.8 Å². The van der Waals surface area contributed by atoms with E-state index in [0.29, 0.717) is 0 Å². The highest BCUT2D eigenvalue weighted by atomic mass is 15.1. The van der Waals surface area contributed by atoms with E-state index in [1.807, 2.05) is 30.5 Å². The number of hydrogen-bond acceptors (Lipinski definition) is 3. The molecule has 2 N–H and O–H groups in total. The monoisotopic (exact) mass is 202 g/mol. The quantitative estimate of drug-likeness (QED) is 0.792. The van der Waals surface area contributed by atoms with Gasteiger partial charge in [0.2, 0.25) is 0 Å². The van der Waals surface area contributed by atoms with Crippen LogP contribution >= 0.6 is 0 Å². The van der Waals surface area contributed by atoms with Crippen LogP contribution in [0.25, 0.3) is 0 Å². The molecule has 0 bridgehead atoms. The van der Waals surface area contributed by atoms with Gasteiger partial charge in [0, 0.05) is 30.7 Å². The first-order valence-electron chi connectivity index (χ1n) is 4.99. The van der Waals surface area contributed by atoms with Crippen LogP contribution < -0.4 is 5.32 Å². The molecule has 0 amide bonds. The second kappa shape index (κ2) is 4.70. The molecular formula is C11H14N4. The lowest BCUT2D eigenvalue weighted by atomic mass is 10.2. The Morgan fingerprint density at radius 2 is 2.27 bits per heavy atom. The van der Waals surface area contributed by atoms with Crippen molar-refractivity contribution < 1.29 is 0 Å². The number of nitrogens with zero attached hydrogens (tertiary/aromatic N) is 2. The van der Waals surface area contributed by atoms with Gasteiger partial charge in [-0.3, -0.25) is 10.1 Å². The summed E-state index contributed by atoms with van der Waals surface area (Å²) >= 11 is 0. The van der Waals surface area contributed by atoms with Crippen LogP contribution in [0.1, 0.15) is 24.4 Å². The van der Waals surface area contributed by atoms with Gasteiger partial charge in [-0.05, 0) is 25.1 Å². The Morgan fingerprint density at radius 3 is 2.93 bits per heavy atom. The average Bonchev–Trinajstić information content (AvgIpc) is 2.80. The molecule has 78 valence electrons. The van der Waals surface area contributed by atoms with E-state index in [9.17, 15) is 0 Å². The summed E-state index contributed by atoms with van der Waals surface area (Å²) in [6.45, 7) is 2.87. The second-order valence-electron chi connectivity index (χ2n) is 3.44. The summed E-state index contributed by atoms with van der Waals surface area (Å²) in [5, 5.41) is 10.2. The zero-order valence-electron chi connectivity index (χ0n) is 8.64. The van der Waals surface area contributed by atoms with Crippen molar-refractivity contribution in [2.75, 3.05) is 0 Å². The molecule has 0 saturated carbocycles. The number of nitrogens with one attached hydrogen (secondary N) is 2. The molecule has 0 aliphatic rings. The van der Waals surface area contributed by atoms with Crippen molar-refractivity contribution in [2.24, 2.45) is 0 Å². The maximum atomic E-state index is 4.29. The first-order chi connectivity index (χ1) is 7.36. The van der Waals surface area contributed by atoms with Crippen molar-refractivity contribution in [2.45, 2.75) is 19.5 Å². The molecule has 1 unspecified atom stereocenters. The molecular weight excluding hydrogens is 188 g/mol. The Balaban J connectivity index is 1.90. The fraction of sp³-hybridized carbons (Fsp3) is 0.273. The van der Waals surface area contributed by atoms with Crippen molar-refractivity contribution in [3.63, 3.8) is 0 Å². The number of aromatic amines is 1. The number of pyridine rings is 1. The minimum Gasteiger partial charge on any atom is -0.303 e. The van der Waals surface area contributed by atoms with Crippen molar-refractivity contribution in [1.82, 2.24) is 20.5 Å². The molecule has 0 aliphatic carbocycles. The van der Waals surface area contributed by atoms with E-state index in [0.717, 1.165) is 17.9 Å². The number of aromatic nitrogens is 3. The number of rotatable bonds is 4. The topological polar surface area (TPSA) is 53.6 Å². The highest BCUT2D eigenvalue weighted by molar-refractivity contribution is 5.08. The van der Waals surface area contributed by atoms with E-state index in [1.54, 1.807) is 6.20 Å². The minimum absolute atomic E-state index is 0.245. The maximum Gasteiger partial charge on any atom is 0.0570 e. The molecule has 15 heavy (non-hydrogen) atoms. The van der Waals surface area contributed by atoms with Crippen LogP contribution in [-0.4, -0.2) is 15.2 Å². The van der Waals surface area contributed by atoms with Gasteiger partial charge in [0.05, 0.1) is 5.69 Å². The standard InChI is InChI=1S/C11H14N4/c1-9(11-4-2-3-6-12-11)13-8-10-5-7-14-15-10/h2-7,9,13H,8H2,1H3,(H,14,15). The molecule has 2 aromatic heterocycles. The Kier molecular flexibility index (Phi) is 3.09. The fourth-order valence-corrected chi connectivity index (χ4v) is 1.38. The van der Waals surface area contributed by atoms with E-state index < -0.39 is 0 Å². The Hall–Kier alpha value is -1.68. The van der Waals surface area contributed by atoms with Gasteiger partial charge >= 0.3 is 0 Å². The second-order valence-corrected chi connectivity index (χ2v) is 3.44. The van der Waals surface area contributed by atoms with Gasteiger partial charge in [-0.25, -0.2) is 0 Å². The summed E-state index contributed by atoms with van der Waals surface area (Å²) in [6, 6.07) is 8.14.